The predicted octanol–water partition coefficient (Wildman–Crippen LogP) is 2.67. The Bertz CT molecular complexity index is 566. The summed E-state index contributed by atoms with van der Waals surface area (Å²) in [7, 11) is 0. The molecule has 0 spiro atoms. The lowest BCUT2D eigenvalue weighted by Gasteiger charge is -2.08. The van der Waals surface area contributed by atoms with Crippen LogP contribution in [0, 0.1) is 6.92 Å². The lowest BCUT2D eigenvalue weighted by Crippen LogP contribution is -2.03. The number of carboxylic acids is 1. The largest absolute Gasteiger partial charge is 0.489 e. The van der Waals surface area contributed by atoms with Crippen LogP contribution in [0.3, 0.4) is 0 Å². The maximum atomic E-state index is 10.8. The van der Waals surface area contributed by atoms with Crippen LogP contribution < -0.4 is 4.74 Å². The molecule has 2 rings (SSSR count). The number of para-hydroxylation sites is 1. The summed E-state index contributed by atoms with van der Waals surface area (Å²) in [6.45, 7) is 2.29. The Balaban J connectivity index is 2.09. The maximum absolute atomic E-state index is 10.8. The summed E-state index contributed by atoms with van der Waals surface area (Å²) in [4.78, 5) is 14.5. The standard InChI is InChI=1S/C14H13NO3/c1-10-4-2-3-5-13(10)18-9-11-6-7-15-12(8-11)14(16)17/h2-8H,9H2,1H3,(H,16,17). The van der Waals surface area contributed by atoms with E-state index in [4.69, 9.17) is 9.84 Å². The molecule has 0 aliphatic rings. The van der Waals surface area contributed by atoms with Crippen molar-refractivity contribution in [1.82, 2.24) is 4.98 Å². The topological polar surface area (TPSA) is 59.4 Å². The van der Waals surface area contributed by atoms with Gasteiger partial charge >= 0.3 is 5.97 Å². The van der Waals surface area contributed by atoms with Crippen molar-refractivity contribution < 1.29 is 14.6 Å². The van der Waals surface area contributed by atoms with Crippen LogP contribution in [0.5, 0.6) is 5.75 Å². The third-order valence-electron chi connectivity index (χ3n) is 2.53. The number of aromatic nitrogens is 1. The first-order valence-electron chi connectivity index (χ1n) is 5.53. The highest BCUT2D eigenvalue weighted by Gasteiger charge is 2.05. The van der Waals surface area contributed by atoms with E-state index in [1.54, 1.807) is 6.07 Å². The fourth-order valence-electron chi connectivity index (χ4n) is 1.56. The van der Waals surface area contributed by atoms with Crippen molar-refractivity contribution in [3.05, 3.63) is 59.4 Å². The molecule has 4 nitrogen and oxygen atoms in total. The van der Waals surface area contributed by atoms with Crippen molar-refractivity contribution in [2.45, 2.75) is 13.5 Å². The van der Waals surface area contributed by atoms with Crippen LogP contribution in [0.4, 0.5) is 0 Å². The zero-order chi connectivity index (χ0) is 13.0. The average Bonchev–Trinajstić information content (AvgIpc) is 2.38. The first kappa shape index (κ1) is 12.1. The number of aryl methyl sites for hydroxylation is 1. The van der Waals surface area contributed by atoms with Crippen LogP contribution >= 0.6 is 0 Å². The highest BCUT2D eigenvalue weighted by atomic mass is 16.5. The number of carbonyl (C=O) groups is 1. The Kier molecular flexibility index (Phi) is 3.57. The molecule has 0 aliphatic carbocycles. The van der Waals surface area contributed by atoms with Gasteiger partial charge in [-0.05, 0) is 36.2 Å². The van der Waals surface area contributed by atoms with Crippen LogP contribution in [-0.4, -0.2) is 16.1 Å². The number of benzene rings is 1. The van der Waals surface area contributed by atoms with Gasteiger partial charge in [-0.15, -0.1) is 0 Å². The van der Waals surface area contributed by atoms with Crippen molar-refractivity contribution in [2.75, 3.05) is 0 Å². The zero-order valence-electron chi connectivity index (χ0n) is 9.96. The molecule has 0 aliphatic heterocycles. The third kappa shape index (κ3) is 2.85. The van der Waals surface area contributed by atoms with E-state index in [9.17, 15) is 4.79 Å². The molecule has 0 amide bonds. The molecule has 92 valence electrons. The molecular formula is C14H13NO3. The van der Waals surface area contributed by atoms with Gasteiger partial charge in [-0.1, -0.05) is 18.2 Å². The van der Waals surface area contributed by atoms with Crippen LogP contribution in [0.25, 0.3) is 0 Å². The molecule has 0 fully saturated rings. The van der Waals surface area contributed by atoms with Gasteiger partial charge in [0.1, 0.15) is 18.1 Å². The SMILES string of the molecule is Cc1ccccc1OCc1ccnc(C(=O)O)c1. The summed E-state index contributed by atoms with van der Waals surface area (Å²) < 4.78 is 5.64. The second-order valence-electron chi connectivity index (χ2n) is 3.91. The molecule has 1 aromatic heterocycles. The number of pyridine rings is 1. The molecule has 0 saturated carbocycles. The van der Waals surface area contributed by atoms with Crippen LogP contribution in [0.1, 0.15) is 21.6 Å². The first-order valence-corrected chi connectivity index (χ1v) is 5.53. The number of hydrogen-bond acceptors (Lipinski definition) is 3. The highest BCUT2D eigenvalue weighted by molar-refractivity contribution is 5.85. The third-order valence-corrected chi connectivity index (χ3v) is 2.53. The Morgan fingerprint density at radius 3 is 2.83 bits per heavy atom. The van der Waals surface area contributed by atoms with Gasteiger partial charge in [0.15, 0.2) is 0 Å². The van der Waals surface area contributed by atoms with Crippen LogP contribution in [-0.2, 0) is 6.61 Å². The molecule has 1 heterocycles. The van der Waals surface area contributed by atoms with Crippen molar-refractivity contribution >= 4 is 5.97 Å². The number of hydrogen-bond donors (Lipinski definition) is 1. The molecule has 18 heavy (non-hydrogen) atoms. The van der Waals surface area contributed by atoms with Gasteiger partial charge in [-0.2, -0.15) is 0 Å². The maximum Gasteiger partial charge on any atom is 0.354 e. The van der Waals surface area contributed by atoms with E-state index in [0.29, 0.717) is 6.61 Å². The summed E-state index contributed by atoms with van der Waals surface area (Å²) >= 11 is 0. The second-order valence-corrected chi connectivity index (χ2v) is 3.91. The van der Waals surface area contributed by atoms with Gasteiger partial charge in [0.2, 0.25) is 0 Å². The summed E-state index contributed by atoms with van der Waals surface area (Å²) in [5.74, 6) is -0.237. The summed E-state index contributed by atoms with van der Waals surface area (Å²) in [6.07, 6.45) is 1.47. The monoisotopic (exact) mass is 243 g/mol. The van der Waals surface area contributed by atoms with E-state index in [1.165, 1.54) is 12.3 Å². The molecular weight excluding hydrogens is 230 g/mol. The highest BCUT2D eigenvalue weighted by Crippen LogP contribution is 2.17. The van der Waals surface area contributed by atoms with Crippen LogP contribution in [0.2, 0.25) is 0 Å². The molecule has 0 bridgehead atoms. The minimum atomic E-state index is -1.03. The Hall–Kier alpha value is -2.36. The quantitative estimate of drug-likeness (QED) is 0.896. The van der Waals surface area contributed by atoms with E-state index < -0.39 is 5.97 Å². The molecule has 0 atom stereocenters. The van der Waals surface area contributed by atoms with Crippen molar-refractivity contribution in [3.63, 3.8) is 0 Å². The minimum absolute atomic E-state index is 0.0286. The van der Waals surface area contributed by atoms with Gasteiger partial charge in [-0.25, -0.2) is 9.78 Å². The van der Waals surface area contributed by atoms with Crippen molar-refractivity contribution in [1.29, 1.82) is 0 Å². The number of rotatable bonds is 4. The molecule has 4 heteroatoms. The smallest absolute Gasteiger partial charge is 0.354 e. The zero-order valence-corrected chi connectivity index (χ0v) is 9.96. The van der Waals surface area contributed by atoms with Gasteiger partial charge < -0.3 is 9.84 Å². The molecule has 1 N–H and O–H groups in total. The van der Waals surface area contributed by atoms with E-state index in [-0.39, 0.29) is 5.69 Å². The number of aromatic carboxylic acids is 1. The molecule has 1 aromatic carbocycles. The van der Waals surface area contributed by atoms with E-state index in [1.807, 2.05) is 31.2 Å². The van der Waals surface area contributed by atoms with E-state index in [0.717, 1.165) is 16.9 Å². The predicted molar refractivity (Wildman–Crippen MR) is 66.7 cm³/mol. The lowest BCUT2D eigenvalue weighted by atomic mass is 10.2. The Morgan fingerprint density at radius 2 is 2.11 bits per heavy atom. The van der Waals surface area contributed by atoms with Crippen molar-refractivity contribution in [2.24, 2.45) is 0 Å². The normalized spacial score (nSPS) is 10.1. The average molecular weight is 243 g/mol. The summed E-state index contributed by atoms with van der Waals surface area (Å²) in [5, 5.41) is 8.84. The van der Waals surface area contributed by atoms with Gasteiger partial charge in [0, 0.05) is 6.20 Å². The van der Waals surface area contributed by atoms with Gasteiger partial charge in [0.25, 0.3) is 0 Å². The number of carboxylic acid groups (broad SMARTS) is 1. The minimum Gasteiger partial charge on any atom is -0.489 e. The summed E-state index contributed by atoms with van der Waals surface area (Å²) in [6, 6.07) is 10.9. The molecule has 0 unspecified atom stereocenters. The fourth-order valence-corrected chi connectivity index (χ4v) is 1.56. The second kappa shape index (κ2) is 5.31. The first-order chi connectivity index (χ1) is 8.66. The van der Waals surface area contributed by atoms with E-state index in [2.05, 4.69) is 4.98 Å². The molecule has 0 radical (unpaired) electrons. The van der Waals surface area contributed by atoms with Crippen molar-refractivity contribution in [3.8, 4) is 5.75 Å². The van der Waals surface area contributed by atoms with Crippen LogP contribution in [0.15, 0.2) is 42.6 Å². The summed E-state index contributed by atoms with van der Waals surface area (Å²) in [5.41, 5.74) is 1.86. The van der Waals surface area contributed by atoms with E-state index >= 15 is 0 Å². The number of ether oxygens (including phenoxy) is 1. The fraction of sp³-hybridized carbons (Fsp3) is 0.143. The number of nitrogens with zero attached hydrogens (tertiary/aromatic N) is 1. The molecule has 0 saturated heterocycles. The van der Waals surface area contributed by atoms with Gasteiger partial charge in [-0.3, -0.25) is 0 Å². The Labute approximate surface area is 105 Å². The molecule has 2 aromatic rings. The Morgan fingerprint density at radius 1 is 1.33 bits per heavy atom. The van der Waals surface area contributed by atoms with Gasteiger partial charge in [0.05, 0.1) is 0 Å². The lowest BCUT2D eigenvalue weighted by molar-refractivity contribution is 0.0690.